The number of anilines is 1. The summed E-state index contributed by atoms with van der Waals surface area (Å²) in [6, 6.07) is 5.55. The van der Waals surface area contributed by atoms with Gasteiger partial charge in [0.1, 0.15) is 11.6 Å². The molecule has 0 aliphatic carbocycles. The number of piperidine rings is 1. The van der Waals surface area contributed by atoms with Crippen LogP contribution in [0.3, 0.4) is 0 Å². The number of rotatable bonds is 5. The van der Waals surface area contributed by atoms with Crippen LogP contribution < -0.4 is 14.4 Å². The van der Waals surface area contributed by atoms with Crippen LogP contribution in [-0.4, -0.2) is 61.0 Å². The second-order valence-corrected chi connectivity index (χ2v) is 8.14. The van der Waals surface area contributed by atoms with Crippen molar-refractivity contribution < 1.29 is 19.1 Å². The van der Waals surface area contributed by atoms with Crippen molar-refractivity contribution in [3.63, 3.8) is 0 Å². The normalized spacial score (nSPS) is 18.2. The first kappa shape index (κ1) is 21.1. The lowest BCUT2D eigenvalue weighted by atomic mass is 9.96. The van der Waals surface area contributed by atoms with Crippen molar-refractivity contribution in [1.29, 1.82) is 0 Å². The summed E-state index contributed by atoms with van der Waals surface area (Å²) in [4.78, 5) is 38.0. The maximum atomic E-state index is 13.0. The van der Waals surface area contributed by atoms with Crippen LogP contribution in [0, 0.1) is 6.92 Å². The molecule has 1 aromatic carbocycles. The Morgan fingerprint density at radius 3 is 2.71 bits per heavy atom. The molecule has 1 aromatic heterocycles. The fourth-order valence-electron chi connectivity index (χ4n) is 4.35. The van der Waals surface area contributed by atoms with Crippen molar-refractivity contribution in [3.8, 4) is 11.5 Å². The minimum atomic E-state index is 0.0416. The molecule has 3 heterocycles. The fraction of sp³-hybridized carbons (Fsp3) is 0.478. The van der Waals surface area contributed by atoms with Gasteiger partial charge in [0.25, 0.3) is 0 Å². The Hall–Kier alpha value is -3.16. The molecule has 1 saturated heterocycles. The largest absolute Gasteiger partial charge is 0.493 e. The average molecular weight is 425 g/mol. The van der Waals surface area contributed by atoms with Crippen molar-refractivity contribution in [2.45, 2.75) is 38.5 Å². The van der Waals surface area contributed by atoms with E-state index in [1.807, 2.05) is 30.0 Å². The van der Waals surface area contributed by atoms with Crippen molar-refractivity contribution in [1.82, 2.24) is 14.9 Å². The first-order chi connectivity index (χ1) is 14.9. The zero-order valence-electron chi connectivity index (χ0n) is 18.5. The van der Waals surface area contributed by atoms with Crippen LogP contribution in [0.4, 0.5) is 5.82 Å². The first-order valence-electron chi connectivity index (χ1n) is 10.5. The summed E-state index contributed by atoms with van der Waals surface area (Å²) in [6.45, 7) is 3.24. The number of hydrogen-bond acceptors (Lipinski definition) is 6. The third kappa shape index (κ3) is 4.06. The van der Waals surface area contributed by atoms with E-state index in [-0.39, 0.29) is 17.7 Å². The van der Waals surface area contributed by atoms with E-state index in [2.05, 4.69) is 0 Å². The molecule has 0 spiro atoms. The van der Waals surface area contributed by atoms with Gasteiger partial charge in [-0.1, -0.05) is 6.07 Å². The maximum Gasteiger partial charge on any atom is 0.232 e. The topological polar surface area (TPSA) is 84.9 Å². The highest BCUT2D eigenvalue weighted by molar-refractivity contribution is 6.00. The van der Waals surface area contributed by atoms with Crippen LogP contribution in [0.1, 0.15) is 41.4 Å². The molecule has 31 heavy (non-hydrogen) atoms. The van der Waals surface area contributed by atoms with Gasteiger partial charge in [-0.3, -0.25) is 14.5 Å². The minimum absolute atomic E-state index is 0.0416. The number of benzene rings is 1. The predicted molar refractivity (Wildman–Crippen MR) is 116 cm³/mol. The van der Waals surface area contributed by atoms with E-state index < -0.39 is 0 Å². The summed E-state index contributed by atoms with van der Waals surface area (Å²) in [5, 5.41) is 0. The molecule has 1 fully saturated rings. The molecule has 8 nitrogen and oxygen atoms in total. The third-order valence-corrected chi connectivity index (χ3v) is 6.17. The number of aromatic nitrogens is 2. The number of aryl methyl sites for hydroxylation is 1. The quantitative estimate of drug-likeness (QED) is 0.732. The van der Waals surface area contributed by atoms with E-state index in [0.29, 0.717) is 36.7 Å². The van der Waals surface area contributed by atoms with Gasteiger partial charge >= 0.3 is 0 Å². The second kappa shape index (κ2) is 8.53. The van der Waals surface area contributed by atoms with Crippen LogP contribution in [-0.2, 0) is 22.4 Å². The lowest BCUT2D eigenvalue weighted by Gasteiger charge is -2.32. The fourth-order valence-corrected chi connectivity index (χ4v) is 4.35. The number of fused-ring (bicyclic) bond motifs is 1. The molecule has 0 saturated carbocycles. The summed E-state index contributed by atoms with van der Waals surface area (Å²) in [6.07, 6.45) is 2.49. The Bertz CT molecular complexity index is 1020. The summed E-state index contributed by atoms with van der Waals surface area (Å²) in [5.41, 5.74) is 2.65. The van der Waals surface area contributed by atoms with Crippen LogP contribution in [0.2, 0.25) is 0 Å². The Labute approximate surface area is 182 Å². The Morgan fingerprint density at radius 2 is 1.97 bits per heavy atom. The lowest BCUT2D eigenvalue weighted by Crippen LogP contribution is -2.40. The van der Waals surface area contributed by atoms with Crippen molar-refractivity contribution in [2.24, 2.45) is 0 Å². The molecule has 0 N–H and O–H groups in total. The van der Waals surface area contributed by atoms with Gasteiger partial charge in [-0.2, -0.15) is 0 Å². The van der Waals surface area contributed by atoms with Gasteiger partial charge in [0.15, 0.2) is 11.5 Å². The van der Waals surface area contributed by atoms with Gasteiger partial charge in [0, 0.05) is 37.3 Å². The molecule has 2 aliphatic heterocycles. The zero-order chi connectivity index (χ0) is 22.1. The molecule has 0 bridgehead atoms. The average Bonchev–Trinajstić information content (AvgIpc) is 3.08. The molecule has 0 unspecified atom stereocenters. The second-order valence-electron chi connectivity index (χ2n) is 8.14. The Morgan fingerprint density at radius 1 is 1.19 bits per heavy atom. The number of nitrogens with zero attached hydrogens (tertiary/aromatic N) is 4. The summed E-state index contributed by atoms with van der Waals surface area (Å²) < 4.78 is 10.6. The Balaban J connectivity index is 1.49. The van der Waals surface area contributed by atoms with Gasteiger partial charge in [-0.05, 0) is 37.5 Å². The Kier molecular flexibility index (Phi) is 5.80. The van der Waals surface area contributed by atoms with E-state index in [0.717, 1.165) is 42.0 Å². The number of likely N-dealkylation sites (tertiary alicyclic amines) is 1. The molecule has 164 valence electrons. The lowest BCUT2D eigenvalue weighted by molar-refractivity contribution is -0.131. The van der Waals surface area contributed by atoms with Crippen LogP contribution in [0.5, 0.6) is 11.5 Å². The van der Waals surface area contributed by atoms with Crippen LogP contribution in [0.15, 0.2) is 18.2 Å². The monoisotopic (exact) mass is 424 g/mol. The zero-order valence-corrected chi connectivity index (χ0v) is 18.5. The molecule has 2 aromatic rings. The van der Waals surface area contributed by atoms with E-state index >= 15 is 0 Å². The number of ether oxygens (including phenoxy) is 2. The standard InChI is InChI=1S/C23H28N4O4/c1-14-17-12-20(28)26(2)23(17)25-22(24-14)16-6-5-9-27(13-16)21(29)11-15-7-8-18(30-3)19(10-15)31-4/h7-8,10,16H,5-6,9,11-13H2,1-4H3/t16-/m1/s1. The molecule has 2 amide bonds. The molecule has 2 aliphatic rings. The number of likely N-dealkylation sites (N-methyl/N-ethyl adjacent to an activating group) is 1. The van der Waals surface area contributed by atoms with Crippen LogP contribution in [0.25, 0.3) is 0 Å². The number of carbonyl (C=O) groups is 2. The molecule has 0 radical (unpaired) electrons. The van der Waals surface area contributed by atoms with E-state index in [9.17, 15) is 9.59 Å². The smallest absolute Gasteiger partial charge is 0.232 e. The first-order valence-corrected chi connectivity index (χ1v) is 10.5. The summed E-state index contributed by atoms with van der Waals surface area (Å²) in [7, 11) is 4.93. The summed E-state index contributed by atoms with van der Waals surface area (Å²) >= 11 is 0. The van der Waals surface area contributed by atoms with Crippen molar-refractivity contribution >= 4 is 17.6 Å². The number of amides is 2. The molecular weight excluding hydrogens is 396 g/mol. The number of methoxy groups -OCH3 is 2. The van der Waals surface area contributed by atoms with Crippen molar-refractivity contribution in [2.75, 3.05) is 39.3 Å². The van der Waals surface area contributed by atoms with Gasteiger partial charge < -0.3 is 14.4 Å². The number of carbonyl (C=O) groups excluding carboxylic acids is 2. The molecular formula is C23H28N4O4. The summed E-state index contributed by atoms with van der Waals surface area (Å²) in [5.74, 6) is 2.87. The SMILES string of the molecule is COc1ccc(CC(=O)N2CCC[C@@H](c3nc(C)c4c(n3)N(C)C(=O)C4)C2)cc1OC. The molecule has 8 heteroatoms. The minimum Gasteiger partial charge on any atom is -0.493 e. The van der Waals surface area contributed by atoms with Gasteiger partial charge in [0.2, 0.25) is 11.8 Å². The molecule has 4 rings (SSSR count). The third-order valence-electron chi connectivity index (χ3n) is 6.17. The van der Waals surface area contributed by atoms with Gasteiger partial charge in [-0.25, -0.2) is 9.97 Å². The van der Waals surface area contributed by atoms with Crippen LogP contribution >= 0.6 is 0 Å². The molecule has 1 atom stereocenters. The highest BCUT2D eigenvalue weighted by Crippen LogP contribution is 2.32. The van der Waals surface area contributed by atoms with E-state index in [1.54, 1.807) is 26.2 Å². The highest BCUT2D eigenvalue weighted by atomic mass is 16.5. The van der Waals surface area contributed by atoms with E-state index in [1.165, 1.54) is 0 Å². The maximum absolute atomic E-state index is 13.0. The highest BCUT2D eigenvalue weighted by Gasteiger charge is 2.32. The van der Waals surface area contributed by atoms with Crippen molar-refractivity contribution in [3.05, 3.63) is 40.8 Å². The number of hydrogen-bond donors (Lipinski definition) is 0. The predicted octanol–water partition coefficient (Wildman–Crippen LogP) is 2.27. The van der Waals surface area contributed by atoms with Gasteiger partial charge in [-0.15, -0.1) is 0 Å². The van der Waals surface area contributed by atoms with E-state index in [4.69, 9.17) is 19.4 Å². The van der Waals surface area contributed by atoms with Gasteiger partial charge in [0.05, 0.1) is 27.1 Å².